The first-order valence-electron chi connectivity index (χ1n) is 8.19. The Kier molecular flexibility index (Phi) is 4.39. The SMILES string of the molecule is CC1CNC(C(C)(C)C)CN1c1ccc(C(C)(C)C)cc1. The van der Waals surface area contributed by atoms with Gasteiger partial charge in [0.05, 0.1) is 0 Å². The van der Waals surface area contributed by atoms with Gasteiger partial charge in [0.15, 0.2) is 0 Å². The molecule has 0 aliphatic carbocycles. The lowest BCUT2D eigenvalue weighted by Crippen LogP contribution is -2.59. The predicted molar refractivity (Wildman–Crippen MR) is 93.2 cm³/mol. The van der Waals surface area contributed by atoms with E-state index < -0.39 is 0 Å². The van der Waals surface area contributed by atoms with Crippen molar-refractivity contribution in [2.45, 2.75) is 66.0 Å². The summed E-state index contributed by atoms with van der Waals surface area (Å²) in [5.74, 6) is 0. The fourth-order valence-electron chi connectivity index (χ4n) is 2.96. The second kappa shape index (κ2) is 5.64. The van der Waals surface area contributed by atoms with Gasteiger partial charge >= 0.3 is 0 Å². The quantitative estimate of drug-likeness (QED) is 0.833. The van der Waals surface area contributed by atoms with Crippen LogP contribution in [0.15, 0.2) is 24.3 Å². The highest BCUT2D eigenvalue weighted by Crippen LogP contribution is 2.29. The average Bonchev–Trinajstić information content (AvgIpc) is 2.37. The van der Waals surface area contributed by atoms with Crippen LogP contribution in [0.1, 0.15) is 54.0 Å². The van der Waals surface area contributed by atoms with Crippen molar-refractivity contribution in [2.24, 2.45) is 5.41 Å². The number of nitrogens with zero attached hydrogens (tertiary/aromatic N) is 1. The van der Waals surface area contributed by atoms with Crippen LogP contribution in [0.25, 0.3) is 0 Å². The molecular formula is C19H32N2. The van der Waals surface area contributed by atoms with E-state index in [9.17, 15) is 0 Å². The summed E-state index contributed by atoms with van der Waals surface area (Å²) in [6.07, 6.45) is 0. The number of rotatable bonds is 1. The zero-order valence-electron chi connectivity index (χ0n) is 14.8. The Morgan fingerprint density at radius 3 is 2.05 bits per heavy atom. The van der Waals surface area contributed by atoms with E-state index in [1.807, 2.05) is 0 Å². The molecule has 1 N–H and O–H groups in total. The maximum atomic E-state index is 3.70. The molecule has 2 nitrogen and oxygen atoms in total. The Hall–Kier alpha value is -1.02. The number of piperazine rings is 1. The zero-order chi connectivity index (χ0) is 15.8. The third-order valence-electron chi connectivity index (χ3n) is 4.68. The monoisotopic (exact) mass is 288 g/mol. The summed E-state index contributed by atoms with van der Waals surface area (Å²) in [6.45, 7) is 18.2. The summed E-state index contributed by atoms with van der Waals surface area (Å²) in [6, 6.07) is 10.2. The van der Waals surface area contributed by atoms with E-state index in [-0.39, 0.29) is 5.41 Å². The van der Waals surface area contributed by atoms with Gasteiger partial charge < -0.3 is 10.2 Å². The summed E-state index contributed by atoms with van der Waals surface area (Å²) in [7, 11) is 0. The van der Waals surface area contributed by atoms with E-state index in [2.05, 4.69) is 82.9 Å². The van der Waals surface area contributed by atoms with Crippen LogP contribution in [-0.4, -0.2) is 25.2 Å². The van der Waals surface area contributed by atoms with Crippen molar-refractivity contribution < 1.29 is 0 Å². The van der Waals surface area contributed by atoms with Crippen LogP contribution in [-0.2, 0) is 5.41 Å². The van der Waals surface area contributed by atoms with Gasteiger partial charge in [0, 0.05) is 30.9 Å². The summed E-state index contributed by atoms with van der Waals surface area (Å²) in [4.78, 5) is 2.55. The van der Waals surface area contributed by atoms with Crippen molar-refractivity contribution in [2.75, 3.05) is 18.0 Å². The van der Waals surface area contributed by atoms with Crippen molar-refractivity contribution in [1.82, 2.24) is 5.32 Å². The number of anilines is 1. The Balaban J connectivity index is 2.19. The molecule has 2 atom stereocenters. The fraction of sp³-hybridized carbons (Fsp3) is 0.684. The molecule has 1 fully saturated rings. The van der Waals surface area contributed by atoms with E-state index in [0.717, 1.165) is 13.1 Å². The lowest BCUT2D eigenvalue weighted by molar-refractivity contribution is 0.239. The van der Waals surface area contributed by atoms with Crippen LogP contribution < -0.4 is 10.2 Å². The number of benzene rings is 1. The first-order valence-corrected chi connectivity index (χ1v) is 8.19. The second-order valence-corrected chi connectivity index (χ2v) is 8.63. The van der Waals surface area contributed by atoms with Gasteiger partial charge in [0.2, 0.25) is 0 Å². The Morgan fingerprint density at radius 2 is 1.57 bits per heavy atom. The first-order chi connectivity index (χ1) is 9.59. The van der Waals surface area contributed by atoms with Gasteiger partial charge in [0.25, 0.3) is 0 Å². The molecule has 0 bridgehead atoms. The molecule has 2 heteroatoms. The number of hydrogen-bond donors (Lipinski definition) is 1. The summed E-state index contributed by atoms with van der Waals surface area (Å²) >= 11 is 0. The highest BCUT2D eigenvalue weighted by Gasteiger charge is 2.32. The summed E-state index contributed by atoms with van der Waals surface area (Å²) in [5, 5.41) is 3.70. The van der Waals surface area contributed by atoms with E-state index in [4.69, 9.17) is 0 Å². The topological polar surface area (TPSA) is 15.3 Å². The van der Waals surface area contributed by atoms with E-state index in [0.29, 0.717) is 17.5 Å². The number of nitrogens with one attached hydrogen (secondary N) is 1. The van der Waals surface area contributed by atoms with Crippen molar-refractivity contribution in [3.05, 3.63) is 29.8 Å². The molecule has 0 spiro atoms. The van der Waals surface area contributed by atoms with Gasteiger partial charge in [-0.1, -0.05) is 53.7 Å². The molecule has 0 radical (unpaired) electrons. The van der Waals surface area contributed by atoms with Gasteiger partial charge in [-0.25, -0.2) is 0 Å². The van der Waals surface area contributed by atoms with Crippen LogP contribution in [0.5, 0.6) is 0 Å². The number of hydrogen-bond acceptors (Lipinski definition) is 2. The molecule has 1 saturated heterocycles. The van der Waals surface area contributed by atoms with Gasteiger partial charge in [-0.3, -0.25) is 0 Å². The maximum absolute atomic E-state index is 3.70. The van der Waals surface area contributed by atoms with Crippen LogP contribution in [0.2, 0.25) is 0 Å². The highest BCUT2D eigenvalue weighted by atomic mass is 15.2. The molecule has 1 aromatic carbocycles. The molecule has 1 heterocycles. The van der Waals surface area contributed by atoms with Gasteiger partial charge in [-0.15, -0.1) is 0 Å². The molecule has 2 rings (SSSR count). The highest BCUT2D eigenvalue weighted by molar-refractivity contribution is 5.50. The smallest absolute Gasteiger partial charge is 0.0387 e. The Bertz CT molecular complexity index is 462. The minimum absolute atomic E-state index is 0.224. The van der Waals surface area contributed by atoms with Crippen LogP contribution in [0.3, 0.4) is 0 Å². The largest absolute Gasteiger partial charge is 0.366 e. The van der Waals surface area contributed by atoms with E-state index >= 15 is 0 Å². The molecule has 21 heavy (non-hydrogen) atoms. The first kappa shape index (κ1) is 16.4. The van der Waals surface area contributed by atoms with Crippen molar-refractivity contribution in [3.8, 4) is 0 Å². The standard InChI is InChI=1S/C19H32N2/c1-14-12-20-17(19(5,6)7)13-21(14)16-10-8-15(9-11-16)18(2,3)4/h8-11,14,17,20H,12-13H2,1-7H3. The lowest BCUT2D eigenvalue weighted by Gasteiger charge is -2.45. The van der Waals surface area contributed by atoms with E-state index in [1.165, 1.54) is 11.3 Å². The molecule has 0 amide bonds. The van der Waals surface area contributed by atoms with Crippen LogP contribution in [0.4, 0.5) is 5.69 Å². The molecule has 118 valence electrons. The predicted octanol–water partition coefficient (Wildman–Crippen LogP) is 4.20. The van der Waals surface area contributed by atoms with E-state index in [1.54, 1.807) is 0 Å². The fourth-order valence-corrected chi connectivity index (χ4v) is 2.96. The minimum atomic E-state index is 0.224. The molecule has 0 aromatic heterocycles. The van der Waals surface area contributed by atoms with Gasteiger partial charge in [0.1, 0.15) is 0 Å². The summed E-state index contributed by atoms with van der Waals surface area (Å²) < 4.78 is 0. The molecule has 2 unspecified atom stereocenters. The third-order valence-corrected chi connectivity index (χ3v) is 4.68. The molecule has 0 saturated carbocycles. The zero-order valence-corrected chi connectivity index (χ0v) is 14.8. The average molecular weight is 288 g/mol. The van der Waals surface area contributed by atoms with Crippen LogP contribution in [0, 0.1) is 5.41 Å². The van der Waals surface area contributed by atoms with Crippen molar-refractivity contribution >= 4 is 5.69 Å². The van der Waals surface area contributed by atoms with Crippen LogP contribution >= 0.6 is 0 Å². The second-order valence-electron chi connectivity index (χ2n) is 8.63. The third kappa shape index (κ3) is 3.79. The van der Waals surface area contributed by atoms with Crippen molar-refractivity contribution in [3.63, 3.8) is 0 Å². The Labute approximate surface area is 130 Å². The lowest BCUT2D eigenvalue weighted by atomic mass is 9.84. The summed E-state index contributed by atoms with van der Waals surface area (Å²) in [5.41, 5.74) is 3.28. The molecule has 1 aliphatic rings. The molecule has 1 aliphatic heterocycles. The molecule has 1 aromatic rings. The molecular weight excluding hydrogens is 256 g/mol. The maximum Gasteiger partial charge on any atom is 0.0387 e. The minimum Gasteiger partial charge on any atom is -0.366 e. The van der Waals surface area contributed by atoms with Crippen molar-refractivity contribution in [1.29, 1.82) is 0 Å². The van der Waals surface area contributed by atoms with Gasteiger partial charge in [-0.05, 0) is 35.4 Å². The van der Waals surface area contributed by atoms with Gasteiger partial charge in [-0.2, -0.15) is 0 Å². The normalized spacial score (nSPS) is 24.2. The Morgan fingerprint density at radius 1 is 1.00 bits per heavy atom.